The molecule has 0 aromatic carbocycles. The van der Waals surface area contributed by atoms with Crippen LogP contribution in [-0.2, 0) is 11.3 Å². The lowest BCUT2D eigenvalue weighted by Gasteiger charge is -2.19. The van der Waals surface area contributed by atoms with E-state index in [9.17, 15) is 4.79 Å². The average molecular weight is 280 g/mol. The van der Waals surface area contributed by atoms with Gasteiger partial charge in [0.05, 0.1) is 12.2 Å². The minimum Gasteiger partial charge on any atom is -0.388 e. The van der Waals surface area contributed by atoms with Gasteiger partial charge in [-0.1, -0.05) is 19.1 Å². The smallest absolute Gasteiger partial charge is 0.234 e. The Balaban J connectivity index is 2.67. The molecule has 0 radical (unpaired) electrons. The van der Waals surface area contributed by atoms with Gasteiger partial charge in [-0.3, -0.25) is 14.7 Å². The van der Waals surface area contributed by atoms with Gasteiger partial charge in [0.1, 0.15) is 4.99 Å². The highest BCUT2D eigenvalue weighted by molar-refractivity contribution is 7.80. The minimum absolute atomic E-state index is 0.0352. The lowest BCUT2D eigenvalue weighted by Crippen LogP contribution is -2.36. The molecule has 0 bridgehead atoms. The summed E-state index contributed by atoms with van der Waals surface area (Å²) in [5.74, 6) is 0.0352. The molecule has 0 unspecified atom stereocenters. The molecule has 1 rings (SSSR count). The third-order valence-electron chi connectivity index (χ3n) is 2.67. The standard InChI is InChI=1S/C13H20N4OS/c1-3-15-12(18)9-17(4-2)8-10-5-6-16-11(7-10)13(14)19/h5-7H,3-4,8-9H2,1-2H3,(H2,14,19)(H,15,18). The molecule has 1 amide bonds. The zero-order valence-corrected chi connectivity index (χ0v) is 12.2. The number of hydrogen-bond acceptors (Lipinski definition) is 4. The molecule has 0 spiro atoms. The largest absolute Gasteiger partial charge is 0.388 e. The molecule has 1 aromatic heterocycles. The van der Waals surface area contributed by atoms with E-state index in [1.807, 2.05) is 30.9 Å². The van der Waals surface area contributed by atoms with Gasteiger partial charge in [-0.15, -0.1) is 0 Å². The second-order valence-electron chi connectivity index (χ2n) is 4.17. The SMILES string of the molecule is CCNC(=O)CN(CC)Cc1ccnc(C(N)=S)c1. The Labute approximate surface area is 119 Å². The average Bonchev–Trinajstić information content (AvgIpc) is 2.38. The maximum atomic E-state index is 11.6. The van der Waals surface area contributed by atoms with Gasteiger partial charge in [0.15, 0.2) is 0 Å². The fourth-order valence-electron chi connectivity index (χ4n) is 1.70. The first-order valence-electron chi connectivity index (χ1n) is 6.30. The molecular formula is C13H20N4OS. The summed E-state index contributed by atoms with van der Waals surface area (Å²) < 4.78 is 0. The maximum Gasteiger partial charge on any atom is 0.234 e. The first kappa shape index (κ1) is 15.5. The van der Waals surface area contributed by atoms with Crippen LogP contribution < -0.4 is 11.1 Å². The highest BCUT2D eigenvalue weighted by Crippen LogP contribution is 2.06. The Morgan fingerprint density at radius 1 is 1.53 bits per heavy atom. The van der Waals surface area contributed by atoms with Crippen molar-refractivity contribution in [1.82, 2.24) is 15.2 Å². The van der Waals surface area contributed by atoms with E-state index in [0.717, 1.165) is 12.1 Å². The first-order chi connectivity index (χ1) is 9.06. The molecule has 0 saturated heterocycles. The molecule has 1 aromatic rings. The molecule has 5 nitrogen and oxygen atoms in total. The number of rotatable bonds is 7. The summed E-state index contributed by atoms with van der Waals surface area (Å²) in [5.41, 5.74) is 7.22. The zero-order chi connectivity index (χ0) is 14.3. The molecule has 0 aliphatic carbocycles. The van der Waals surface area contributed by atoms with E-state index in [4.69, 9.17) is 18.0 Å². The van der Waals surface area contributed by atoms with Crippen LogP contribution in [0.5, 0.6) is 0 Å². The fourth-order valence-corrected chi connectivity index (χ4v) is 1.81. The summed E-state index contributed by atoms with van der Waals surface area (Å²) in [6.07, 6.45) is 1.68. The molecule has 0 saturated carbocycles. The van der Waals surface area contributed by atoms with Crippen LogP contribution in [0.1, 0.15) is 25.1 Å². The minimum atomic E-state index is 0.0352. The fraction of sp³-hybridized carbons (Fsp3) is 0.462. The molecule has 3 N–H and O–H groups in total. The lowest BCUT2D eigenvalue weighted by molar-refractivity contribution is -0.122. The Morgan fingerprint density at radius 2 is 2.26 bits per heavy atom. The number of nitrogens with one attached hydrogen (secondary N) is 1. The van der Waals surface area contributed by atoms with E-state index < -0.39 is 0 Å². The zero-order valence-electron chi connectivity index (χ0n) is 11.3. The van der Waals surface area contributed by atoms with Crippen molar-refractivity contribution in [2.45, 2.75) is 20.4 Å². The van der Waals surface area contributed by atoms with Gasteiger partial charge in [-0.05, 0) is 31.2 Å². The molecule has 0 atom stereocenters. The van der Waals surface area contributed by atoms with Crippen molar-refractivity contribution in [3.63, 3.8) is 0 Å². The number of carbonyl (C=O) groups is 1. The summed E-state index contributed by atoms with van der Waals surface area (Å²) in [6.45, 7) is 6.43. The van der Waals surface area contributed by atoms with Gasteiger partial charge in [0.25, 0.3) is 0 Å². The molecule has 6 heteroatoms. The highest BCUT2D eigenvalue weighted by Gasteiger charge is 2.09. The highest BCUT2D eigenvalue weighted by atomic mass is 32.1. The maximum absolute atomic E-state index is 11.6. The number of likely N-dealkylation sites (N-methyl/N-ethyl adjacent to an activating group) is 2. The molecule has 0 aliphatic rings. The number of carbonyl (C=O) groups excluding carboxylic acids is 1. The summed E-state index contributed by atoms with van der Waals surface area (Å²) in [7, 11) is 0. The second-order valence-corrected chi connectivity index (χ2v) is 4.61. The van der Waals surface area contributed by atoms with Crippen LogP contribution in [-0.4, -0.2) is 40.4 Å². The Kier molecular flexibility index (Phi) is 6.38. The first-order valence-corrected chi connectivity index (χ1v) is 6.71. The van der Waals surface area contributed by atoms with Crippen molar-refractivity contribution in [2.75, 3.05) is 19.6 Å². The van der Waals surface area contributed by atoms with E-state index in [1.54, 1.807) is 6.20 Å². The number of hydrogen-bond donors (Lipinski definition) is 2. The second kappa shape index (κ2) is 7.81. The van der Waals surface area contributed by atoms with Crippen molar-refractivity contribution in [2.24, 2.45) is 5.73 Å². The van der Waals surface area contributed by atoms with E-state index >= 15 is 0 Å². The van der Waals surface area contributed by atoms with Gasteiger partial charge < -0.3 is 11.1 Å². The summed E-state index contributed by atoms with van der Waals surface area (Å²) in [6, 6.07) is 3.77. The molecule has 0 fully saturated rings. The van der Waals surface area contributed by atoms with E-state index in [-0.39, 0.29) is 10.9 Å². The van der Waals surface area contributed by atoms with E-state index in [1.165, 1.54) is 0 Å². The number of nitrogens with two attached hydrogens (primary N) is 1. The van der Waals surface area contributed by atoms with Gasteiger partial charge >= 0.3 is 0 Å². The Bertz CT molecular complexity index is 450. The normalized spacial score (nSPS) is 10.5. The molecule has 19 heavy (non-hydrogen) atoms. The van der Waals surface area contributed by atoms with Crippen LogP contribution >= 0.6 is 12.2 Å². The van der Waals surface area contributed by atoms with Crippen LogP contribution in [0.2, 0.25) is 0 Å². The van der Waals surface area contributed by atoms with Gasteiger partial charge in [-0.25, -0.2) is 0 Å². The Hall–Kier alpha value is -1.53. The topological polar surface area (TPSA) is 71.2 Å². The summed E-state index contributed by atoms with van der Waals surface area (Å²) >= 11 is 4.91. The number of aromatic nitrogens is 1. The third kappa shape index (κ3) is 5.32. The third-order valence-corrected chi connectivity index (χ3v) is 2.88. The van der Waals surface area contributed by atoms with Crippen molar-refractivity contribution in [1.29, 1.82) is 0 Å². The number of pyridine rings is 1. The predicted molar refractivity (Wildman–Crippen MR) is 79.8 cm³/mol. The van der Waals surface area contributed by atoms with Crippen molar-refractivity contribution >= 4 is 23.1 Å². The van der Waals surface area contributed by atoms with Gasteiger partial charge in [0.2, 0.25) is 5.91 Å². The van der Waals surface area contributed by atoms with Crippen molar-refractivity contribution in [3.05, 3.63) is 29.6 Å². The predicted octanol–water partition coefficient (Wildman–Crippen LogP) is 0.674. The van der Waals surface area contributed by atoms with Crippen LogP contribution in [0.4, 0.5) is 0 Å². The summed E-state index contributed by atoms with van der Waals surface area (Å²) in [5, 5.41) is 2.79. The molecule has 0 aliphatic heterocycles. The lowest BCUT2D eigenvalue weighted by atomic mass is 10.2. The number of thiocarbonyl (C=S) groups is 1. The van der Waals surface area contributed by atoms with Crippen LogP contribution in [0.3, 0.4) is 0 Å². The van der Waals surface area contributed by atoms with Crippen molar-refractivity contribution < 1.29 is 4.79 Å². The van der Waals surface area contributed by atoms with Gasteiger partial charge in [-0.2, -0.15) is 0 Å². The number of nitrogens with zero attached hydrogens (tertiary/aromatic N) is 2. The molecular weight excluding hydrogens is 260 g/mol. The quantitative estimate of drug-likeness (QED) is 0.719. The van der Waals surface area contributed by atoms with Crippen molar-refractivity contribution in [3.8, 4) is 0 Å². The van der Waals surface area contributed by atoms with Crippen LogP contribution in [0, 0.1) is 0 Å². The van der Waals surface area contributed by atoms with Gasteiger partial charge in [0, 0.05) is 19.3 Å². The number of amides is 1. The molecule has 1 heterocycles. The van der Waals surface area contributed by atoms with Crippen LogP contribution in [0.25, 0.3) is 0 Å². The van der Waals surface area contributed by atoms with Crippen LogP contribution in [0.15, 0.2) is 18.3 Å². The summed E-state index contributed by atoms with van der Waals surface area (Å²) in [4.78, 5) is 18.0. The molecule has 104 valence electrons. The monoisotopic (exact) mass is 280 g/mol. The Morgan fingerprint density at radius 3 is 2.84 bits per heavy atom. The van der Waals surface area contributed by atoms with E-state index in [2.05, 4.69) is 10.3 Å². The van der Waals surface area contributed by atoms with E-state index in [0.29, 0.717) is 25.3 Å².